The molecular formula is C53H89N3O16P2. The van der Waals surface area contributed by atoms with Gasteiger partial charge in [0.25, 0.3) is 0 Å². The minimum Gasteiger partial charge on any atom is -0.462 e. The number of esters is 2. The molecule has 21 heteroatoms. The molecule has 0 bridgehead atoms. The molecule has 1 aliphatic rings. The summed E-state index contributed by atoms with van der Waals surface area (Å²) in [5.74, 6) is -0.549. The Bertz CT molecular complexity index is 2010. The van der Waals surface area contributed by atoms with Crippen LogP contribution in [0.4, 0.5) is 5.82 Å². The minimum atomic E-state index is -5.44. The second-order valence-corrected chi connectivity index (χ2v) is 21.8. The summed E-state index contributed by atoms with van der Waals surface area (Å²) < 4.78 is 56.8. The molecule has 74 heavy (non-hydrogen) atoms. The summed E-state index contributed by atoms with van der Waals surface area (Å²) in [5, 5.41) is 30.4. The molecule has 19 nitrogen and oxygen atoms in total. The second-order valence-electron chi connectivity index (χ2n) is 18.8. The van der Waals surface area contributed by atoms with E-state index < -0.39 is 89.8 Å². The van der Waals surface area contributed by atoms with Crippen molar-refractivity contribution in [3.8, 4) is 0 Å². The van der Waals surface area contributed by atoms with Crippen LogP contribution in [0.3, 0.4) is 0 Å². The predicted molar refractivity (Wildman–Crippen MR) is 285 cm³/mol. The maximum atomic E-state index is 12.9. The average molecular weight is 1090 g/mol. The van der Waals surface area contributed by atoms with Crippen molar-refractivity contribution in [2.45, 2.75) is 212 Å². The number of carbonyl (C=O) groups is 2. The van der Waals surface area contributed by atoms with Gasteiger partial charge in [-0.3, -0.25) is 23.2 Å². The number of rotatable bonds is 43. The van der Waals surface area contributed by atoms with Crippen molar-refractivity contribution in [2.24, 2.45) is 5.92 Å². The smallest absolute Gasteiger partial charge is 0.462 e. The topological polar surface area (TPSA) is 286 Å². The van der Waals surface area contributed by atoms with Crippen LogP contribution in [0.25, 0.3) is 0 Å². The van der Waals surface area contributed by atoms with E-state index in [4.69, 9.17) is 29.0 Å². The van der Waals surface area contributed by atoms with Gasteiger partial charge in [-0.15, -0.1) is 0 Å². The number of aliphatic hydroxyl groups is 3. The van der Waals surface area contributed by atoms with Crippen LogP contribution < -0.4 is 11.4 Å². The number of unbranched alkanes of at least 4 members (excludes halogenated alkanes) is 14. The molecule has 0 radical (unpaired) electrons. The number of phosphoric ester groups is 2. The molecule has 422 valence electrons. The Labute approximate surface area is 439 Å². The zero-order chi connectivity index (χ0) is 54.5. The molecule has 1 aromatic rings. The number of nitrogens with zero attached hydrogens (tertiary/aromatic N) is 2. The Kier molecular flexibility index (Phi) is 35.7. The van der Waals surface area contributed by atoms with Crippen molar-refractivity contribution in [1.82, 2.24) is 9.55 Å². The summed E-state index contributed by atoms with van der Waals surface area (Å²) in [6.07, 6.45) is 35.4. The van der Waals surface area contributed by atoms with Gasteiger partial charge in [-0.2, -0.15) is 9.29 Å². The van der Waals surface area contributed by atoms with Crippen molar-refractivity contribution >= 4 is 33.4 Å². The van der Waals surface area contributed by atoms with Gasteiger partial charge in [0, 0.05) is 19.0 Å². The third kappa shape index (κ3) is 32.1. The first-order valence-corrected chi connectivity index (χ1v) is 29.8. The fourth-order valence-corrected chi connectivity index (χ4v) is 9.74. The van der Waals surface area contributed by atoms with Crippen molar-refractivity contribution in [1.29, 1.82) is 0 Å². The summed E-state index contributed by atoms with van der Waals surface area (Å²) in [5.41, 5.74) is 4.58. The maximum absolute atomic E-state index is 12.9. The van der Waals surface area contributed by atoms with E-state index in [-0.39, 0.29) is 18.7 Å². The number of ether oxygens (including phenoxy) is 3. The molecule has 1 aliphatic heterocycles. The summed E-state index contributed by atoms with van der Waals surface area (Å²) in [6.45, 7) is 4.13. The maximum Gasteiger partial charge on any atom is 0.481 e. The Balaban J connectivity index is 1.81. The van der Waals surface area contributed by atoms with E-state index in [9.17, 15) is 48.6 Å². The van der Waals surface area contributed by atoms with Gasteiger partial charge < -0.3 is 45.1 Å². The number of nitrogens with two attached hydrogens (primary N) is 1. The van der Waals surface area contributed by atoms with Crippen LogP contribution in [0.2, 0.25) is 0 Å². The highest BCUT2D eigenvalue weighted by atomic mass is 31.3. The third-order valence-corrected chi connectivity index (χ3v) is 14.9. The standard InChI is InChI=1S/C53H89N3O16P2/c1-4-43(3)34-30-26-22-18-14-10-6-8-13-17-21-25-29-33-37-49(59)70-45(40-67-48(58)36-32-28-24-20-16-12-9-7-11-15-19-23-27-31-35-44(57)5-2)41-68-73(63,64)72-74(65,66)69-42-46-50(60)51(61)52(71-46)56-39-38-47(54)55-53(56)62/h9,11-12,15,20,23-24,27,31,35,38-39,43-46,50-52,57,60-61H,4-8,10,13-14,16-19,21-22,25-26,28-30,32-34,36-37,40-42H2,1-3H3,(H,63,64)(H,65,66)(H2,54,55,62)/b12-9-,15-11-,24-20-,27-23-,35-31+/t43?,44-,45+,46+,50+,51+,52+/m0/s1. The first-order valence-electron chi connectivity index (χ1n) is 26.8. The SMILES string of the molecule is CCC(C)CCCCCCCCCCCCCCCCC(=O)O[C@H](COC(=O)CCC/C=C\C/C=C\C/C=C\C/C=C\C=C\[C@@H](O)CC)COP(=O)(O)OP(=O)(O)OC[C@H]1O[C@@H](n2ccc(N)nc2=O)[C@H](O)[C@@H]1O. The van der Waals surface area contributed by atoms with Crippen molar-refractivity contribution in [2.75, 3.05) is 25.6 Å². The van der Waals surface area contributed by atoms with Gasteiger partial charge in [0.05, 0.1) is 19.3 Å². The Hall–Kier alpha value is -3.58. The fourth-order valence-electron chi connectivity index (χ4n) is 7.63. The van der Waals surface area contributed by atoms with Crippen LogP contribution in [0.5, 0.6) is 0 Å². The fraction of sp³-hybridized carbons (Fsp3) is 0.698. The number of anilines is 1. The highest BCUT2D eigenvalue weighted by molar-refractivity contribution is 7.61. The van der Waals surface area contributed by atoms with E-state index in [1.165, 1.54) is 76.7 Å². The molecule has 1 saturated heterocycles. The summed E-state index contributed by atoms with van der Waals surface area (Å²) >= 11 is 0. The first-order chi connectivity index (χ1) is 35.5. The van der Waals surface area contributed by atoms with Gasteiger partial charge in [0.1, 0.15) is 30.7 Å². The zero-order valence-electron chi connectivity index (χ0n) is 44.2. The number of aromatic nitrogens is 2. The second kappa shape index (κ2) is 39.7. The van der Waals surface area contributed by atoms with Crippen LogP contribution in [0, 0.1) is 5.92 Å². The van der Waals surface area contributed by atoms with Crippen LogP contribution in [-0.4, -0.2) is 96.9 Å². The van der Waals surface area contributed by atoms with Crippen LogP contribution in [0.15, 0.2) is 77.8 Å². The van der Waals surface area contributed by atoms with E-state index in [1.54, 1.807) is 6.08 Å². The highest BCUT2D eigenvalue weighted by Gasteiger charge is 2.46. The highest BCUT2D eigenvalue weighted by Crippen LogP contribution is 2.60. The predicted octanol–water partition coefficient (Wildman–Crippen LogP) is 10.3. The lowest BCUT2D eigenvalue weighted by molar-refractivity contribution is -0.161. The first kappa shape index (κ1) is 66.5. The summed E-state index contributed by atoms with van der Waals surface area (Å²) in [7, 11) is -10.9. The lowest BCUT2D eigenvalue weighted by atomic mass is 9.99. The Morgan fingerprint density at radius 1 is 0.743 bits per heavy atom. The summed E-state index contributed by atoms with van der Waals surface area (Å²) in [6, 6.07) is 1.24. The molecule has 2 rings (SSSR count). The number of hydrogen-bond acceptors (Lipinski definition) is 16. The molecule has 9 atom stereocenters. The van der Waals surface area contributed by atoms with Crippen molar-refractivity contribution in [3.63, 3.8) is 0 Å². The number of nitrogen functional groups attached to an aromatic ring is 1. The number of hydrogen-bond donors (Lipinski definition) is 6. The molecule has 0 amide bonds. The van der Waals surface area contributed by atoms with Gasteiger partial charge in [0.2, 0.25) is 0 Å². The van der Waals surface area contributed by atoms with Crippen molar-refractivity contribution in [3.05, 3.63) is 83.5 Å². The molecule has 3 unspecified atom stereocenters. The van der Waals surface area contributed by atoms with Gasteiger partial charge in [-0.25, -0.2) is 13.9 Å². The number of aliphatic hydroxyl groups excluding tert-OH is 3. The molecule has 0 spiro atoms. The van der Waals surface area contributed by atoms with Crippen LogP contribution >= 0.6 is 15.6 Å². The Morgan fingerprint density at radius 2 is 1.30 bits per heavy atom. The molecule has 0 saturated carbocycles. The van der Waals surface area contributed by atoms with Crippen LogP contribution in [0.1, 0.15) is 181 Å². The quantitative estimate of drug-likeness (QED) is 0.0117. The van der Waals surface area contributed by atoms with Crippen LogP contribution in [-0.2, 0) is 46.3 Å². The third-order valence-electron chi connectivity index (χ3n) is 12.3. The van der Waals surface area contributed by atoms with Gasteiger partial charge >= 0.3 is 33.3 Å². The van der Waals surface area contributed by atoms with E-state index >= 15 is 0 Å². The number of carbonyl (C=O) groups excluding carboxylic acids is 2. The van der Waals surface area contributed by atoms with Gasteiger partial charge in [0.15, 0.2) is 12.3 Å². The molecule has 1 aromatic heterocycles. The normalized spacial score (nSPS) is 20.2. The molecule has 0 aromatic carbocycles. The minimum absolute atomic E-state index is 0.0310. The van der Waals surface area contributed by atoms with Gasteiger partial charge in [-0.1, -0.05) is 178 Å². The van der Waals surface area contributed by atoms with E-state index in [0.29, 0.717) is 25.7 Å². The Morgan fingerprint density at radius 3 is 1.89 bits per heavy atom. The number of phosphoric acid groups is 2. The van der Waals surface area contributed by atoms with Crippen molar-refractivity contribution < 1.29 is 71.4 Å². The lowest BCUT2D eigenvalue weighted by Crippen LogP contribution is -2.36. The zero-order valence-corrected chi connectivity index (χ0v) is 45.9. The molecule has 0 aliphatic carbocycles. The lowest BCUT2D eigenvalue weighted by Gasteiger charge is -2.21. The molecule has 1 fully saturated rings. The average Bonchev–Trinajstić information content (AvgIpc) is 3.64. The van der Waals surface area contributed by atoms with E-state index in [1.807, 2.05) is 43.4 Å². The molecular weight excluding hydrogens is 997 g/mol. The van der Waals surface area contributed by atoms with E-state index in [2.05, 4.69) is 41.4 Å². The van der Waals surface area contributed by atoms with E-state index in [0.717, 1.165) is 61.6 Å². The number of allylic oxidation sites excluding steroid dienone is 9. The molecule has 7 N–H and O–H groups in total. The monoisotopic (exact) mass is 1090 g/mol. The van der Waals surface area contributed by atoms with Gasteiger partial charge in [-0.05, 0) is 56.9 Å². The molecule has 2 heterocycles. The largest absolute Gasteiger partial charge is 0.481 e. The summed E-state index contributed by atoms with van der Waals surface area (Å²) in [4.78, 5) is 62.0.